The Kier molecular flexibility index (Phi) is 5.50. The molecule has 2 aromatic rings. The zero-order chi connectivity index (χ0) is 19.1. The molecule has 0 bridgehead atoms. The van der Waals surface area contributed by atoms with Gasteiger partial charge in [0.05, 0.1) is 12.6 Å². The van der Waals surface area contributed by atoms with E-state index in [2.05, 4.69) is 28.9 Å². The number of aliphatic imine (C=N–C) groups is 1. The molecule has 0 aliphatic carbocycles. The Morgan fingerprint density at radius 3 is 2.66 bits per heavy atom. The van der Waals surface area contributed by atoms with Crippen molar-refractivity contribution < 1.29 is 4.79 Å². The van der Waals surface area contributed by atoms with E-state index in [4.69, 9.17) is 9.98 Å². The van der Waals surface area contributed by atoms with Crippen molar-refractivity contribution in [1.29, 1.82) is 0 Å². The molecule has 0 radical (unpaired) electrons. The molecule has 8 heteroatoms. The molecule has 3 aliphatic rings. The Hall–Kier alpha value is -2.54. The Balaban J connectivity index is 0.00000205. The molecule has 3 aliphatic heterocycles. The molecule has 0 saturated carbocycles. The first-order valence-corrected chi connectivity index (χ1v) is 10.3. The van der Waals surface area contributed by atoms with Crippen LogP contribution in [0.1, 0.15) is 37.4 Å². The number of anilines is 2. The fourth-order valence-corrected chi connectivity index (χ4v) is 4.39. The van der Waals surface area contributed by atoms with Gasteiger partial charge < -0.3 is 9.88 Å². The van der Waals surface area contributed by atoms with Crippen LogP contribution in [-0.4, -0.2) is 59.0 Å². The van der Waals surface area contributed by atoms with E-state index in [1.807, 2.05) is 28.0 Å². The Labute approximate surface area is 177 Å². The monoisotopic (exact) mass is 414 g/mol. The lowest BCUT2D eigenvalue weighted by Gasteiger charge is -2.32. The number of nitrogens with zero attached hydrogens (tertiary/aromatic N) is 5. The molecule has 0 unspecified atom stereocenters. The average Bonchev–Trinajstić information content (AvgIpc) is 3.44. The van der Waals surface area contributed by atoms with Gasteiger partial charge in [0.25, 0.3) is 0 Å². The maximum absolute atomic E-state index is 13.2. The van der Waals surface area contributed by atoms with Gasteiger partial charge in [0, 0.05) is 19.6 Å². The molecule has 4 heterocycles. The number of imidazole rings is 1. The van der Waals surface area contributed by atoms with Crippen LogP contribution in [0.5, 0.6) is 0 Å². The SMILES string of the molecule is CCCN1C(=O)N2C[C@@H](Cc3ccccc3)N=C2c2[nH]c(N3CCCC3)nc21.Cl. The van der Waals surface area contributed by atoms with Crippen molar-refractivity contribution in [2.75, 3.05) is 36.0 Å². The molecule has 1 atom stereocenters. The standard InChI is InChI=1S/C21H26N6O.ClH/c1-2-10-26-19-17(23-20(24-19)25-11-6-7-12-25)18-22-16(14-27(18)21(26)28)13-15-8-4-3-5-9-15;/h3-5,8-9,16H,2,6-7,10-14H2,1H3,(H,23,24);1H/t16-;/m1./s1. The summed E-state index contributed by atoms with van der Waals surface area (Å²) in [6, 6.07) is 10.4. The van der Waals surface area contributed by atoms with Gasteiger partial charge in [-0.2, -0.15) is 4.98 Å². The number of carbonyl (C=O) groups excluding carboxylic acids is 1. The summed E-state index contributed by atoms with van der Waals surface area (Å²) in [6.45, 7) is 5.42. The van der Waals surface area contributed by atoms with E-state index < -0.39 is 0 Å². The normalized spacial score (nSPS) is 20.4. The van der Waals surface area contributed by atoms with Crippen LogP contribution >= 0.6 is 12.4 Å². The van der Waals surface area contributed by atoms with Gasteiger partial charge in [-0.3, -0.25) is 14.8 Å². The van der Waals surface area contributed by atoms with Gasteiger partial charge in [-0.05, 0) is 31.2 Å². The number of benzene rings is 1. The first-order valence-electron chi connectivity index (χ1n) is 10.3. The van der Waals surface area contributed by atoms with E-state index in [0.717, 1.165) is 49.2 Å². The van der Waals surface area contributed by atoms with Crippen molar-refractivity contribution in [3.63, 3.8) is 0 Å². The molecule has 1 saturated heterocycles. The molecule has 2 amide bonds. The van der Waals surface area contributed by atoms with Gasteiger partial charge in [0.2, 0.25) is 5.95 Å². The van der Waals surface area contributed by atoms with Crippen LogP contribution in [0.15, 0.2) is 35.3 Å². The number of amidine groups is 1. The third kappa shape index (κ3) is 3.48. The number of rotatable bonds is 5. The van der Waals surface area contributed by atoms with E-state index in [0.29, 0.717) is 13.1 Å². The summed E-state index contributed by atoms with van der Waals surface area (Å²) in [6.07, 6.45) is 4.11. The Bertz CT molecular complexity index is 905. The van der Waals surface area contributed by atoms with Gasteiger partial charge in [0.15, 0.2) is 11.7 Å². The van der Waals surface area contributed by atoms with Crippen LogP contribution in [0.3, 0.4) is 0 Å². The van der Waals surface area contributed by atoms with Gasteiger partial charge in [-0.15, -0.1) is 12.4 Å². The topological polar surface area (TPSA) is 67.8 Å². The summed E-state index contributed by atoms with van der Waals surface area (Å²) >= 11 is 0. The number of H-pyrrole nitrogens is 1. The molecule has 5 rings (SSSR count). The lowest BCUT2D eigenvalue weighted by atomic mass is 10.1. The van der Waals surface area contributed by atoms with Crippen molar-refractivity contribution in [2.45, 2.75) is 38.6 Å². The number of hydrogen-bond donors (Lipinski definition) is 1. The molecule has 154 valence electrons. The van der Waals surface area contributed by atoms with Crippen LogP contribution < -0.4 is 9.80 Å². The van der Waals surface area contributed by atoms with E-state index >= 15 is 0 Å². The lowest BCUT2D eigenvalue weighted by Crippen LogP contribution is -2.50. The van der Waals surface area contributed by atoms with Crippen molar-refractivity contribution >= 4 is 36.0 Å². The number of urea groups is 1. The molecule has 0 spiro atoms. The number of halogens is 1. The zero-order valence-electron chi connectivity index (χ0n) is 16.7. The summed E-state index contributed by atoms with van der Waals surface area (Å²) in [4.78, 5) is 32.4. The maximum atomic E-state index is 13.2. The number of amides is 2. The van der Waals surface area contributed by atoms with Crippen molar-refractivity contribution in [3.8, 4) is 0 Å². The summed E-state index contributed by atoms with van der Waals surface area (Å²) in [5, 5.41) is 0. The highest BCUT2D eigenvalue weighted by molar-refractivity contribution is 6.18. The Morgan fingerprint density at radius 2 is 1.93 bits per heavy atom. The highest BCUT2D eigenvalue weighted by Crippen LogP contribution is 2.33. The highest BCUT2D eigenvalue weighted by Gasteiger charge is 2.42. The average molecular weight is 415 g/mol. The van der Waals surface area contributed by atoms with Crippen molar-refractivity contribution in [1.82, 2.24) is 14.9 Å². The minimum absolute atomic E-state index is 0. The molecular weight excluding hydrogens is 388 g/mol. The third-order valence-corrected chi connectivity index (χ3v) is 5.73. The third-order valence-electron chi connectivity index (χ3n) is 5.73. The predicted octanol–water partition coefficient (Wildman–Crippen LogP) is 3.46. The number of aromatic nitrogens is 2. The number of hydrogen-bond acceptors (Lipinski definition) is 4. The first kappa shape index (κ1) is 19.8. The Morgan fingerprint density at radius 1 is 1.17 bits per heavy atom. The molecule has 1 fully saturated rings. The summed E-state index contributed by atoms with van der Waals surface area (Å²) in [5.74, 6) is 2.36. The van der Waals surface area contributed by atoms with Crippen LogP contribution in [0.4, 0.5) is 16.6 Å². The maximum Gasteiger partial charge on any atom is 0.331 e. The second-order valence-electron chi connectivity index (χ2n) is 7.79. The number of carbonyl (C=O) groups is 1. The fourth-order valence-electron chi connectivity index (χ4n) is 4.39. The summed E-state index contributed by atoms with van der Waals surface area (Å²) in [7, 11) is 0. The lowest BCUT2D eigenvalue weighted by molar-refractivity contribution is 0.226. The second kappa shape index (κ2) is 8.06. The fraction of sp³-hybridized carbons (Fsp3) is 0.476. The minimum Gasteiger partial charge on any atom is -0.342 e. The molecular formula is C21H27ClN6O. The van der Waals surface area contributed by atoms with Crippen molar-refractivity contribution in [3.05, 3.63) is 41.6 Å². The number of fused-ring (bicyclic) bond motifs is 3. The van der Waals surface area contributed by atoms with Gasteiger partial charge in [-0.1, -0.05) is 37.3 Å². The summed E-state index contributed by atoms with van der Waals surface area (Å²) in [5.41, 5.74) is 2.14. The number of aromatic amines is 1. The quantitative estimate of drug-likeness (QED) is 0.814. The predicted molar refractivity (Wildman–Crippen MR) is 117 cm³/mol. The number of nitrogens with one attached hydrogen (secondary N) is 1. The molecule has 7 nitrogen and oxygen atoms in total. The zero-order valence-corrected chi connectivity index (χ0v) is 17.5. The van der Waals surface area contributed by atoms with E-state index in [1.165, 1.54) is 18.4 Å². The van der Waals surface area contributed by atoms with Crippen molar-refractivity contribution in [2.24, 2.45) is 4.99 Å². The first-order chi connectivity index (χ1) is 13.7. The summed E-state index contributed by atoms with van der Waals surface area (Å²) < 4.78 is 0. The van der Waals surface area contributed by atoms with Gasteiger partial charge in [-0.25, -0.2) is 4.79 Å². The van der Waals surface area contributed by atoms with E-state index in [9.17, 15) is 4.79 Å². The smallest absolute Gasteiger partial charge is 0.331 e. The molecule has 29 heavy (non-hydrogen) atoms. The largest absolute Gasteiger partial charge is 0.342 e. The minimum atomic E-state index is 0. The highest BCUT2D eigenvalue weighted by atomic mass is 35.5. The van der Waals surface area contributed by atoms with Crippen LogP contribution in [-0.2, 0) is 6.42 Å². The van der Waals surface area contributed by atoms with Gasteiger partial charge >= 0.3 is 6.03 Å². The van der Waals surface area contributed by atoms with Crippen LogP contribution in [0.25, 0.3) is 0 Å². The van der Waals surface area contributed by atoms with Crippen LogP contribution in [0.2, 0.25) is 0 Å². The molecule has 1 N–H and O–H groups in total. The second-order valence-corrected chi connectivity index (χ2v) is 7.79. The van der Waals surface area contributed by atoms with Crippen LogP contribution in [0, 0.1) is 0 Å². The van der Waals surface area contributed by atoms with Gasteiger partial charge in [0.1, 0.15) is 5.69 Å². The van der Waals surface area contributed by atoms with E-state index in [-0.39, 0.29) is 24.5 Å². The molecule has 1 aromatic carbocycles. The van der Waals surface area contributed by atoms with E-state index in [1.54, 1.807) is 0 Å². The molecule has 1 aromatic heterocycles.